The van der Waals surface area contributed by atoms with Gasteiger partial charge in [0, 0.05) is 6.61 Å². The summed E-state index contributed by atoms with van der Waals surface area (Å²) in [5.74, 6) is 0. The van der Waals surface area contributed by atoms with Crippen molar-refractivity contribution in [3.63, 3.8) is 0 Å². The molecule has 0 rings (SSSR count). The van der Waals surface area contributed by atoms with Crippen molar-refractivity contribution in [2.24, 2.45) is 0 Å². The summed E-state index contributed by atoms with van der Waals surface area (Å²) in [5.41, 5.74) is 0. The minimum Gasteiger partial charge on any atom is -0.418 e. The molecule has 0 atom stereocenters. The Labute approximate surface area is 173 Å². The van der Waals surface area contributed by atoms with Crippen LogP contribution < -0.4 is 0 Å². The summed E-state index contributed by atoms with van der Waals surface area (Å²) in [7, 11) is -1.28. The molecule has 0 amide bonds. The van der Waals surface area contributed by atoms with Crippen molar-refractivity contribution in [1.29, 1.82) is 0 Å². The molecule has 0 aliphatic carbocycles. The standard InChI is InChI=1S/C25H52OSi/c1-5-6-7-8-9-10-11-12-13-14-15-16-17-18-19-20-21-22-23-24-25-26-27(2,3)4/h13-14H,5-12,15-25H2,1-4H3/b14-13+. The Bertz CT molecular complexity index is 306. The third-order valence-corrected chi connectivity index (χ3v) is 6.26. The molecule has 0 saturated heterocycles. The monoisotopic (exact) mass is 396 g/mol. The molecule has 0 saturated carbocycles. The minimum atomic E-state index is -1.28. The van der Waals surface area contributed by atoms with E-state index in [1.165, 1.54) is 116 Å². The van der Waals surface area contributed by atoms with Crippen LogP contribution in [0.4, 0.5) is 0 Å². The summed E-state index contributed by atoms with van der Waals surface area (Å²) < 4.78 is 5.90. The van der Waals surface area contributed by atoms with Crippen LogP contribution in [0.25, 0.3) is 0 Å². The van der Waals surface area contributed by atoms with E-state index in [1.807, 2.05) is 0 Å². The summed E-state index contributed by atoms with van der Waals surface area (Å²) >= 11 is 0. The maximum atomic E-state index is 5.90. The van der Waals surface area contributed by atoms with Crippen LogP contribution in [0.5, 0.6) is 0 Å². The SMILES string of the molecule is CCCCCCCCC/C=C/CCCCCCCCCCCO[Si](C)(C)C. The molecule has 0 aliphatic heterocycles. The molecule has 0 heterocycles. The van der Waals surface area contributed by atoms with Crippen LogP contribution >= 0.6 is 0 Å². The van der Waals surface area contributed by atoms with E-state index in [2.05, 4.69) is 38.7 Å². The maximum absolute atomic E-state index is 5.90. The zero-order chi connectivity index (χ0) is 20.1. The van der Waals surface area contributed by atoms with Crippen molar-refractivity contribution in [3.05, 3.63) is 12.2 Å². The Morgan fingerprint density at radius 2 is 0.889 bits per heavy atom. The molecule has 27 heavy (non-hydrogen) atoms. The van der Waals surface area contributed by atoms with Crippen molar-refractivity contribution in [1.82, 2.24) is 0 Å². The number of hydrogen-bond acceptors (Lipinski definition) is 1. The maximum Gasteiger partial charge on any atom is 0.183 e. The second-order valence-electron chi connectivity index (χ2n) is 9.31. The molecular weight excluding hydrogens is 344 g/mol. The van der Waals surface area contributed by atoms with E-state index in [0.717, 1.165) is 6.61 Å². The summed E-state index contributed by atoms with van der Waals surface area (Å²) in [6.45, 7) is 10.1. The summed E-state index contributed by atoms with van der Waals surface area (Å²) in [4.78, 5) is 0. The first-order valence-electron chi connectivity index (χ1n) is 12.3. The van der Waals surface area contributed by atoms with Crippen molar-refractivity contribution in [2.45, 2.75) is 142 Å². The molecule has 0 aromatic heterocycles. The predicted molar refractivity (Wildman–Crippen MR) is 127 cm³/mol. The first-order chi connectivity index (χ1) is 13.1. The number of allylic oxidation sites excluding steroid dienone is 2. The quantitative estimate of drug-likeness (QED) is 0.107. The first-order valence-corrected chi connectivity index (χ1v) is 15.8. The lowest BCUT2D eigenvalue weighted by atomic mass is 10.1. The fourth-order valence-corrected chi connectivity index (χ4v) is 4.19. The average molecular weight is 397 g/mol. The zero-order valence-electron chi connectivity index (χ0n) is 19.5. The molecule has 2 heteroatoms. The van der Waals surface area contributed by atoms with E-state index in [-0.39, 0.29) is 0 Å². The van der Waals surface area contributed by atoms with Gasteiger partial charge >= 0.3 is 0 Å². The second kappa shape index (κ2) is 20.6. The third-order valence-electron chi connectivity index (χ3n) is 5.19. The molecule has 162 valence electrons. The van der Waals surface area contributed by atoms with Gasteiger partial charge in [-0.05, 0) is 51.7 Å². The van der Waals surface area contributed by atoms with Crippen LogP contribution in [0.2, 0.25) is 19.6 Å². The highest BCUT2D eigenvalue weighted by Crippen LogP contribution is 2.12. The highest BCUT2D eigenvalue weighted by atomic mass is 28.4. The highest BCUT2D eigenvalue weighted by molar-refractivity contribution is 6.69. The van der Waals surface area contributed by atoms with Crippen LogP contribution in [0.1, 0.15) is 122 Å². The molecule has 0 fully saturated rings. The van der Waals surface area contributed by atoms with E-state index in [1.54, 1.807) is 0 Å². The highest BCUT2D eigenvalue weighted by Gasteiger charge is 2.12. The van der Waals surface area contributed by atoms with Gasteiger partial charge in [0.25, 0.3) is 0 Å². The normalized spacial score (nSPS) is 12.3. The van der Waals surface area contributed by atoms with Gasteiger partial charge in [-0.1, -0.05) is 103 Å². The van der Waals surface area contributed by atoms with E-state index in [0.29, 0.717) is 0 Å². The minimum absolute atomic E-state index is 0.988. The van der Waals surface area contributed by atoms with Gasteiger partial charge < -0.3 is 4.43 Å². The molecule has 0 aliphatic rings. The lowest BCUT2D eigenvalue weighted by Gasteiger charge is -2.16. The smallest absolute Gasteiger partial charge is 0.183 e. The molecule has 0 radical (unpaired) electrons. The van der Waals surface area contributed by atoms with Gasteiger partial charge in [0.05, 0.1) is 0 Å². The average Bonchev–Trinajstić information content (AvgIpc) is 2.62. The topological polar surface area (TPSA) is 9.23 Å². The summed E-state index contributed by atoms with van der Waals surface area (Å²) in [5, 5.41) is 0. The lowest BCUT2D eigenvalue weighted by molar-refractivity contribution is 0.298. The Balaban J connectivity index is 3.10. The molecule has 0 unspecified atom stereocenters. The van der Waals surface area contributed by atoms with Crippen molar-refractivity contribution >= 4 is 8.32 Å². The van der Waals surface area contributed by atoms with Crippen LogP contribution in [-0.4, -0.2) is 14.9 Å². The van der Waals surface area contributed by atoms with Crippen molar-refractivity contribution in [3.8, 4) is 0 Å². The molecule has 0 aromatic rings. The number of unbranched alkanes of at least 4 members (excludes halogenated alkanes) is 16. The van der Waals surface area contributed by atoms with Gasteiger partial charge in [-0.3, -0.25) is 0 Å². The van der Waals surface area contributed by atoms with E-state index < -0.39 is 8.32 Å². The number of rotatable bonds is 21. The van der Waals surface area contributed by atoms with Gasteiger partial charge in [-0.15, -0.1) is 0 Å². The number of hydrogen-bond donors (Lipinski definition) is 0. The fraction of sp³-hybridized carbons (Fsp3) is 0.920. The van der Waals surface area contributed by atoms with E-state index in [4.69, 9.17) is 4.43 Å². The van der Waals surface area contributed by atoms with Gasteiger partial charge in [0.1, 0.15) is 0 Å². The Morgan fingerprint density at radius 3 is 1.30 bits per heavy atom. The summed E-state index contributed by atoms with van der Waals surface area (Å²) in [6.07, 6.45) is 30.0. The molecule has 0 bridgehead atoms. The van der Waals surface area contributed by atoms with Gasteiger partial charge in [-0.25, -0.2) is 0 Å². The molecular formula is C25H52OSi. The Hall–Kier alpha value is -0.0831. The van der Waals surface area contributed by atoms with Gasteiger partial charge in [0.15, 0.2) is 8.32 Å². The molecule has 0 aromatic carbocycles. The Kier molecular flexibility index (Phi) is 20.6. The van der Waals surface area contributed by atoms with Crippen molar-refractivity contribution < 1.29 is 4.43 Å². The van der Waals surface area contributed by atoms with Gasteiger partial charge in [-0.2, -0.15) is 0 Å². The largest absolute Gasteiger partial charge is 0.418 e. The molecule has 0 N–H and O–H groups in total. The second-order valence-corrected chi connectivity index (χ2v) is 13.8. The third kappa shape index (κ3) is 25.9. The van der Waals surface area contributed by atoms with Crippen molar-refractivity contribution in [2.75, 3.05) is 6.61 Å². The van der Waals surface area contributed by atoms with Crippen LogP contribution in [-0.2, 0) is 4.43 Å². The fourth-order valence-electron chi connectivity index (χ4n) is 3.44. The lowest BCUT2D eigenvalue weighted by Crippen LogP contribution is -2.25. The predicted octanol–water partition coefficient (Wildman–Crippen LogP) is 9.44. The van der Waals surface area contributed by atoms with Gasteiger partial charge in [0.2, 0.25) is 0 Å². The zero-order valence-corrected chi connectivity index (χ0v) is 20.5. The van der Waals surface area contributed by atoms with Crippen LogP contribution in [0.15, 0.2) is 12.2 Å². The van der Waals surface area contributed by atoms with E-state index in [9.17, 15) is 0 Å². The molecule has 0 spiro atoms. The van der Waals surface area contributed by atoms with E-state index >= 15 is 0 Å². The Morgan fingerprint density at radius 1 is 0.519 bits per heavy atom. The first kappa shape index (κ1) is 26.9. The van der Waals surface area contributed by atoms with Crippen LogP contribution in [0, 0.1) is 0 Å². The molecule has 1 nitrogen and oxygen atoms in total. The van der Waals surface area contributed by atoms with Crippen LogP contribution in [0.3, 0.4) is 0 Å². The summed E-state index contributed by atoms with van der Waals surface area (Å²) in [6, 6.07) is 0.